The van der Waals surface area contributed by atoms with E-state index in [4.69, 9.17) is 15.6 Å². The number of benzene rings is 1. The van der Waals surface area contributed by atoms with E-state index in [1.807, 2.05) is 13.8 Å². The minimum absolute atomic E-state index is 0.0397. The van der Waals surface area contributed by atoms with E-state index < -0.39 is 17.8 Å². The van der Waals surface area contributed by atoms with E-state index in [0.29, 0.717) is 5.75 Å². The van der Waals surface area contributed by atoms with Gasteiger partial charge in [0.25, 0.3) is 0 Å². The molecule has 0 spiro atoms. The maximum Gasteiger partial charge on any atom is 0.328 e. The van der Waals surface area contributed by atoms with Crippen LogP contribution in [0.4, 0.5) is 0 Å². The van der Waals surface area contributed by atoms with E-state index in [0.717, 1.165) is 0 Å². The van der Waals surface area contributed by atoms with Gasteiger partial charge in [-0.1, -0.05) is 0 Å². The van der Waals surface area contributed by atoms with Gasteiger partial charge in [-0.25, -0.2) is 0 Å². The fourth-order valence-corrected chi connectivity index (χ4v) is 1.26. The summed E-state index contributed by atoms with van der Waals surface area (Å²) in [5.41, 5.74) is 5.49. The van der Waals surface area contributed by atoms with Crippen molar-refractivity contribution >= 4 is 11.8 Å². The van der Waals surface area contributed by atoms with Crippen molar-refractivity contribution in [1.29, 1.82) is 0 Å². The van der Waals surface area contributed by atoms with Gasteiger partial charge in [0.2, 0.25) is 0 Å². The summed E-state index contributed by atoms with van der Waals surface area (Å²) in [5.74, 6) is -1.33. The summed E-state index contributed by atoms with van der Waals surface area (Å²) in [6.07, 6.45) is 0.0397. The fraction of sp³-hybridized carbons (Fsp3) is 0.333. The Bertz CT molecular complexity index is 411. The summed E-state index contributed by atoms with van der Waals surface area (Å²) in [6.45, 7) is 3.78. The van der Waals surface area contributed by atoms with Crippen LogP contribution in [0, 0.1) is 0 Å². The predicted molar refractivity (Wildman–Crippen MR) is 62.1 cm³/mol. The highest BCUT2D eigenvalue weighted by Crippen LogP contribution is 2.14. The molecule has 1 aromatic carbocycles. The van der Waals surface area contributed by atoms with Crippen LogP contribution in [0.5, 0.6) is 5.75 Å². The van der Waals surface area contributed by atoms with Crippen LogP contribution in [0.3, 0.4) is 0 Å². The van der Waals surface area contributed by atoms with Crippen LogP contribution in [-0.2, 0) is 4.79 Å². The Hall–Kier alpha value is -1.88. The van der Waals surface area contributed by atoms with Crippen molar-refractivity contribution < 1.29 is 19.4 Å². The third-order valence-corrected chi connectivity index (χ3v) is 2.06. The molecule has 0 saturated carbocycles. The molecule has 5 heteroatoms. The van der Waals surface area contributed by atoms with E-state index in [1.165, 1.54) is 12.1 Å². The lowest BCUT2D eigenvalue weighted by Crippen LogP contribution is -2.38. The van der Waals surface area contributed by atoms with E-state index in [1.54, 1.807) is 12.1 Å². The maximum absolute atomic E-state index is 11.6. The molecule has 0 aliphatic heterocycles. The molecular weight excluding hydrogens is 222 g/mol. The number of rotatable bonds is 5. The third-order valence-electron chi connectivity index (χ3n) is 2.06. The normalized spacial score (nSPS) is 12.2. The van der Waals surface area contributed by atoms with Gasteiger partial charge in [-0.05, 0) is 38.1 Å². The van der Waals surface area contributed by atoms with Crippen molar-refractivity contribution in [2.75, 3.05) is 0 Å². The molecule has 0 heterocycles. The molecule has 0 aliphatic rings. The summed E-state index contributed by atoms with van der Waals surface area (Å²) >= 11 is 0. The number of carboxylic acid groups (broad SMARTS) is 1. The molecule has 0 aliphatic carbocycles. The first kappa shape index (κ1) is 13.2. The molecule has 1 unspecified atom stereocenters. The molecule has 1 aromatic rings. The number of ether oxygens (including phenoxy) is 1. The van der Waals surface area contributed by atoms with E-state index in [9.17, 15) is 9.59 Å². The highest BCUT2D eigenvalue weighted by atomic mass is 16.5. The van der Waals surface area contributed by atoms with Crippen molar-refractivity contribution in [1.82, 2.24) is 0 Å². The van der Waals surface area contributed by atoms with Crippen molar-refractivity contribution in [3.63, 3.8) is 0 Å². The number of carbonyl (C=O) groups excluding carboxylic acids is 1. The molecule has 0 fully saturated rings. The second-order valence-electron chi connectivity index (χ2n) is 3.87. The SMILES string of the molecule is CC(C)Oc1ccc(C(=O)C(N)C(=O)O)cc1. The largest absolute Gasteiger partial charge is 0.491 e. The molecule has 5 nitrogen and oxygen atoms in total. The van der Waals surface area contributed by atoms with Crippen LogP contribution in [0.2, 0.25) is 0 Å². The second-order valence-corrected chi connectivity index (χ2v) is 3.87. The Morgan fingerprint density at radius 2 is 1.76 bits per heavy atom. The summed E-state index contributed by atoms with van der Waals surface area (Å²) in [7, 11) is 0. The minimum Gasteiger partial charge on any atom is -0.491 e. The zero-order chi connectivity index (χ0) is 13.0. The summed E-state index contributed by atoms with van der Waals surface area (Å²) in [6, 6.07) is 4.71. The Balaban J connectivity index is 2.80. The number of aliphatic carboxylic acids is 1. The van der Waals surface area contributed by atoms with Crippen molar-refractivity contribution in [3.05, 3.63) is 29.8 Å². The molecule has 0 amide bonds. The number of hydrogen-bond donors (Lipinski definition) is 2. The summed E-state index contributed by atoms with van der Waals surface area (Å²) in [5, 5.41) is 8.62. The predicted octanol–water partition coefficient (Wildman–Crippen LogP) is 1.07. The first-order valence-corrected chi connectivity index (χ1v) is 5.21. The van der Waals surface area contributed by atoms with Gasteiger partial charge in [-0.2, -0.15) is 0 Å². The molecular formula is C12H15NO4. The zero-order valence-electron chi connectivity index (χ0n) is 9.71. The van der Waals surface area contributed by atoms with Crippen LogP contribution in [0.25, 0.3) is 0 Å². The number of hydrogen-bond acceptors (Lipinski definition) is 4. The first-order valence-electron chi connectivity index (χ1n) is 5.21. The molecule has 0 bridgehead atoms. The fourth-order valence-electron chi connectivity index (χ4n) is 1.26. The van der Waals surface area contributed by atoms with E-state index in [2.05, 4.69) is 0 Å². The first-order chi connectivity index (χ1) is 7.91. The molecule has 0 aromatic heterocycles. The number of carboxylic acids is 1. The number of Topliss-reactive ketones (excluding diaryl/α,β-unsaturated/α-hetero) is 1. The van der Waals surface area contributed by atoms with Crippen LogP contribution in [0.15, 0.2) is 24.3 Å². The lowest BCUT2D eigenvalue weighted by atomic mass is 10.1. The van der Waals surface area contributed by atoms with Gasteiger partial charge in [-0.3, -0.25) is 9.59 Å². The average molecular weight is 237 g/mol. The molecule has 1 rings (SSSR count). The molecule has 92 valence electrons. The molecule has 1 atom stereocenters. The van der Waals surface area contributed by atoms with Crippen LogP contribution in [0.1, 0.15) is 24.2 Å². The summed E-state index contributed by atoms with van der Waals surface area (Å²) < 4.78 is 5.40. The highest BCUT2D eigenvalue weighted by molar-refractivity contribution is 6.11. The van der Waals surface area contributed by atoms with Crippen LogP contribution >= 0.6 is 0 Å². The van der Waals surface area contributed by atoms with Gasteiger partial charge in [0, 0.05) is 5.56 Å². The maximum atomic E-state index is 11.6. The molecule has 3 N–H and O–H groups in total. The Morgan fingerprint density at radius 1 is 1.24 bits per heavy atom. The lowest BCUT2D eigenvalue weighted by Gasteiger charge is -2.10. The number of ketones is 1. The Labute approximate surface area is 99.2 Å². The summed E-state index contributed by atoms with van der Waals surface area (Å²) in [4.78, 5) is 22.1. The smallest absolute Gasteiger partial charge is 0.328 e. The monoisotopic (exact) mass is 237 g/mol. The van der Waals surface area contributed by atoms with Gasteiger partial charge in [0.05, 0.1) is 6.10 Å². The second kappa shape index (κ2) is 5.45. The van der Waals surface area contributed by atoms with E-state index in [-0.39, 0.29) is 11.7 Å². The quantitative estimate of drug-likeness (QED) is 0.590. The van der Waals surface area contributed by atoms with Crippen molar-refractivity contribution in [2.45, 2.75) is 26.0 Å². The standard InChI is InChI=1S/C12H15NO4/c1-7(2)17-9-5-3-8(4-6-9)11(14)10(13)12(15)16/h3-7,10H,13H2,1-2H3,(H,15,16). The molecule has 17 heavy (non-hydrogen) atoms. The molecule has 0 saturated heterocycles. The van der Waals surface area contributed by atoms with Crippen LogP contribution in [-0.4, -0.2) is 29.0 Å². The minimum atomic E-state index is -1.52. The van der Waals surface area contributed by atoms with Crippen molar-refractivity contribution in [2.24, 2.45) is 5.73 Å². The topological polar surface area (TPSA) is 89.6 Å². The van der Waals surface area contributed by atoms with Gasteiger partial charge in [0.1, 0.15) is 5.75 Å². The number of nitrogens with two attached hydrogens (primary N) is 1. The molecule has 0 radical (unpaired) electrons. The van der Waals surface area contributed by atoms with Gasteiger partial charge < -0.3 is 15.6 Å². The average Bonchev–Trinajstić information content (AvgIpc) is 2.27. The van der Waals surface area contributed by atoms with Crippen LogP contribution < -0.4 is 10.5 Å². The van der Waals surface area contributed by atoms with Crippen molar-refractivity contribution in [3.8, 4) is 5.75 Å². The highest BCUT2D eigenvalue weighted by Gasteiger charge is 2.22. The van der Waals surface area contributed by atoms with Gasteiger partial charge >= 0.3 is 5.97 Å². The Kier molecular flexibility index (Phi) is 4.23. The lowest BCUT2D eigenvalue weighted by molar-refractivity contribution is -0.137. The zero-order valence-corrected chi connectivity index (χ0v) is 9.71. The number of carbonyl (C=O) groups is 2. The Morgan fingerprint density at radius 3 is 2.18 bits per heavy atom. The van der Waals surface area contributed by atoms with Gasteiger partial charge in [0.15, 0.2) is 11.8 Å². The third kappa shape index (κ3) is 3.57. The van der Waals surface area contributed by atoms with Gasteiger partial charge in [-0.15, -0.1) is 0 Å². The van der Waals surface area contributed by atoms with E-state index >= 15 is 0 Å².